The summed E-state index contributed by atoms with van der Waals surface area (Å²) in [5, 5.41) is 3.00. The minimum absolute atomic E-state index is 0.259. The fourth-order valence-electron chi connectivity index (χ4n) is 1.83. The molecular weight excluding hydrogens is 269 g/mol. The van der Waals surface area contributed by atoms with E-state index >= 15 is 0 Å². The molecule has 108 valence electrons. The molecule has 0 saturated carbocycles. The molecule has 0 aliphatic rings. The molecule has 0 spiro atoms. The SMILES string of the molecule is CCOC(=O)C=CNc1cccc(-c2ccc(F)cc2)c1. The van der Waals surface area contributed by atoms with E-state index in [-0.39, 0.29) is 11.8 Å². The van der Waals surface area contributed by atoms with Gasteiger partial charge in [0.15, 0.2) is 0 Å². The Morgan fingerprint density at radius 3 is 2.67 bits per heavy atom. The van der Waals surface area contributed by atoms with Crippen molar-refractivity contribution in [1.29, 1.82) is 0 Å². The topological polar surface area (TPSA) is 38.3 Å². The van der Waals surface area contributed by atoms with E-state index in [1.165, 1.54) is 24.4 Å². The molecule has 2 rings (SSSR count). The zero-order chi connectivity index (χ0) is 15.1. The first kappa shape index (κ1) is 14.8. The minimum atomic E-state index is -0.389. The van der Waals surface area contributed by atoms with Crippen LogP contribution >= 0.6 is 0 Å². The van der Waals surface area contributed by atoms with Crippen molar-refractivity contribution in [3.05, 3.63) is 66.6 Å². The number of benzene rings is 2. The molecule has 2 aromatic carbocycles. The first-order chi connectivity index (χ1) is 10.2. The standard InChI is InChI=1S/C17H16FNO2/c1-2-21-17(20)10-11-19-16-5-3-4-14(12-16)13-6-8-15(18)9-7-13/h3-12,19H,2H2,1H3. The molecule has 0 aromatic heterocycles. The van der Waals surface area contributed by atoms with E-state index in [4.69, 9.17) is 4.74 Å². The summed E-state index contributed by atoms with van der Waals surface area (Å²) in [7, 11) is 0. The average molecular weight is 285 g/mol. The highest BCUT2D eigenvalue weighted by atomic mass is 19.1. The molecule has 21 heavy (non-hydrogen) atoms. The lowest BCUT2D eigenvalue weighted by Gasteiger charge is -2.05. The first-order valence-electron chi connectivity index (χ1n) is 6.65. The van der Waals surface area contributed by atoms with Crippen molar-refractivity contribution in [1.82, 2.24) is 0 Å². The van der Waals surface area contributed by atoms with E-state index in [9.17, 15) is 9.18 Å². The monoisotopic (exact) mass is 285 g/mol. The van der Waals surface area contributed by atoms with Crippen LogP contribution in [0.2, 0.25) is 0 Å². The molecule has 0 aliphatic carbocycles. The summed E-state index contributed by atoms with van der Waals surface area (Å²) >= 11 is 0. The molecule has 0 heterocycles. The van der Waals surface area contributed by atoms with Crippen LogP contribution in [0.3, 0.4) is 0 Å². The van der Waals surface area contributed by atoms with E-state index < -0.39 is 0 Å². The normalized spacial score (nSPS) is 10.6. The van der Waals surface area contributed by atoms with Crippen LogP contribution < -0.4 is 5.32 Å². The summed E-state index contributed by atoms with van der Waals surface area (Å²) in [6.45, 7) is 2.11. The second-order valence-corrected chi connectivity index (χ2v) is 4.32. The molecule has 4 heteroatoms. The van der Waals surface area contributed by atoms with Gasteiger partial charge < -0.3 is 10.1 Å². The number of carbonyl (C=O) groups is 1. The van der Waals surface area contributed by atoms with E-state index in [2.05, 4.69) is 5.32 Å². The lowest BCUT2D eigenvalue weighted by atomic mass is 10.1. The Balaban J connectivity index is 2.07. The fraction of sp³-hybridized carbons (Fsp3) is 0.118. The van der Waals surface area contributed by atoms with E-state index in [1.807, 2.05) is 24.3 Å². The average Bonchev–Trinajstić information content (AvgIpc) is 2.48. The van der Waals surface area contributed by atoms with Crippen LogP contribution in [0.4, 0.5) is 10.1 Å². The molecule has 0 fully saturated rings. The number of ether oxygens (including phenoxy) is 1. The van der Waals surface area contributed by atoms with Crippen LogP contribution in [-0.4, -0.2) is 12.6 Å². The second kappa shape index (κ2) is 7.24. The van der Waals surface area contributed by atoms with Crippen LogP contribution in [-0.2, 0) is 9.53 Å². The van der Waals surface area contributed by atoms with Gasteiger partial charge in [0, 0.05) is 18.0 Å². The highest BCUT2D eigenvalue weighted by Gasteiger charge is 1.99. The van der Waals surface area contributed by atoms with Crippen molar-refractivity contribution in [3.8, 4) is 11.1 Å². The van der Waals surface area contributed by atoms with Crippen molar-refractivity contribution in [2.75, 3.05) is 11.9 Å². The van der Waals surface area contributed by atoms with Gasteiger partial charge in [0.05, 0.1) is 6.61 Å². The lowest BCUT2D eigenvalue weighted by Crippen LogP contribution is -2.00. The highest BCUT2D eigenvalue weighted by molar-refractivity contribution is 5.82. The highest BCUT2D eigenvalue weighted by Crippen LogP contribution is 2.22. The maximum Gasteiger partial charge on any atom is 0.332 e. The molecular formula is C17H16FNO2. The van der Waals surface area contributed by atoms with Gasteiger partial charge in [-0.15, -0.1) is 0 Å². The molecule has 0 aliphatic heterocycles. The van der Waals surface area contributed by atoms with Crippen molar-refractivity contribution < 1.29 is 13.9 Å². The van der Waals surface area contributed by atoms with Gasteiger partial charge in [-0.25, -0.2) is 9.18 Å². The molecule has 0 unspecified atom stereocenters. The lowest BCUT2D eigenvalue weighted by molar-refractivity contribution is -0.137. The smallest absolute Gasteiger partial charge is 0.332 e. The summed E-state index contributed by atoms with van der Waals surface area (Å²) in [6.07, 6.45) is 2.86. The summed E-state index contributed by atoms with van der Waals surface area (Å²) in [5.74, 6) is -0.648. The third kappa shape index (κ3) is 4.45. The van der Waals surface area contributed by atoms with Gasteiger partial charge in [-0.2, -0.15) is 0 Å². The number of carbonyl (C=O) groups excluding carboxylic acids is 1. The van der Waals surface area contributed by atoms with Crippen LogP contribution in [0.15, 0.2) is 60.8 Å². The van der Waals surface area contributed by atoms with Crippen LogP contribution in [0, 0.1) is 5.82 Å². The second-order valence-electron chi connectivity index (χ2n) is 4.32. The molecule has 3 nitrogen and oxygen atoms in total. The maximum absolute atomic E-state index is 12.9. The fourth-order valence-corrected chi connectivity index (χ4v) is 1.83. The molecule has 0 saturated heterocycles. The van der Waals surface area contributed by atoms with Crippen LogP contribution in [0.1, 0.15) is 6.92 Å². The molecule has 0 atom stereocenters. The summed E-state index contributed by atoms with van der Waals surface area (Å²) < 4.78 is 17.7. The Morgan fingerprint density at radius 2 is 1.95 bits per heavy atom. The van der Waals surface area contributed by atoms with E-state index in [0.29, 0.717) is 6.61 Å². The van der Waals surface area contributed by atoms with Crippen molar-refractivity contribution in [3.63, 3.8) is 0 Å². The Hall–Kier alpha value is -2.62. The number of rotatable bonds is 5. The Morgan fingerprint density at radius 1 is 1.19 bits per heavy atom. The third-order valence-corrected chi connectivity index (χ3v) is 2.80. The number of hydrogen-bond acceptors (Lipinski definition) is 3. The summed E-state index contributed by atoms with van der Waals surface area (Å²) in [6, 6.07) is 13.9. The number of esters is 1. The first-order valence-corrected chi connectivity index (χ1v) is 6.65. The number of hydrogen-bond donors (Lipinski definition) is 1. The Kier molecular flexibility index (Phi) is 5.10. The van der Waals surface area contributed by atoms with Crippen molar-refractivity contribution in [2.24, 2.45) is 0 Å². The Labute approximate surface area is 123 Å². The third-order valence-electron chi connectivity index (χ3n) is 2.80. The molecule has 2 aromatic rings. The van der Waals surface area contributed by atoms with E-state index in [1.54, 1.807) is 19.1 Å². The number of anilines is 1. The molecule has 1 N–H and O–H groups in total. The summed E-state index contributed by atoms with van der Waals surface area (Å²) in [4.78, 5) is 11.2. The largest absolute Gasteiger partial charge is 0.463 e. The van der Waals surface area contributed by atoms with Gasteiger partial charge in [-0.05, 0) is 42.3 Å². The molecule has 0 bridgehead atoms. The molecule has 0 radical (unpaired) electrons. The predicted octanol–water partition coefficient (Wildman–Crippen LogP) is 3.98. The van der Waals surface area contributed by atoms with Gasteiger partial charge in [-0.1, -0.05) is 24.3 Å². The summed E-state index contributed by atoms with van der Waals surface area (Å²) in [5.41, 5.74) is 2.72. The van der Waals surface area contributed by atoms with Gasteiger partial charge in [0.25, 0.3) is 0 Å². The van der Waals surface area contributed by atoms with Crippen LogP contribution in [0.5, 0.6) is 0 Å². The van der Waals surface area contributed by atoms with Gasteiger partial charge in [-0.3, -0.25) is 0 Å². The van der Waals surface area contributed by atoms with Gasteiger partial charge in [0.1, 0.15) is 5.82 Å². The van der Waals surface area contributed by atoms with Crippen LogP contribution in [0.25, 0.3) is 11.1 Å². The van der Waals surface area contributed by atoms with Crippen molar-refractivity contribution in [2.45, 2.75) is 6.92 Å². The number of halogens is 1. The predicted molar refractivity (Wildman–Crippen MR) is 81.2 cm³/mol. The van der Waals surface area contributed by atoms with E-state index in [0.717, 1.165) is 16.8 Å². The van der Waals surface area contributed by atoms with Crippen molar-refractivity contribution >= 4 is 11.7 Å². The van der Waals surface area contributed by atoms with Gasteiger partial charge >= 0.3 is 5.97 Å². The zero-order valence-electron chi connectivity index (χ0n) is 11.7. The van der Waals surface area contributed by atoms with Gasteiger partial charge in [0.2, 0.25) is 0 Å². The zero-order valence-corrected chi connectivity index (χ0v) is 11.7. The quantitative estimate of drug-likeness (QED) is 0.667. The number of nitrogens with one attached hydrogen (secondary N) is 1. The minimum Gasteiger partial charge on any atom is -0.463 e. The molecule has 0 amide bonds. The Bertz CT molecular complexity index is 635. The maximum atomic E-state index is 12.9.